The summed E-state index contributed by atoms with van der Waals surface area (Å²) in [6.45, 7) is 6.12. The van der Waals surface area contributed by atoms with Gasteiger partial charge < -0.3 is 4.74 Å². The smallest absolute Gasteiger partial charge is 0.162 e. The fourth-order valence-corrected chi connectivity index (χ4v) is 5.36. The highest BCUT2D eigenvalue weighted by molar-refractivity contribution is 5.96. The topological polar surface area (TPSA) is 32.8 Å². The van der Waals surface area contributed by atoms with Gasteiger partial charge >= 0.3 is 0 Å². The number of ketones is 1. The molecule has 0 amide bonds. The van der Waals surface area contributed by atoms with E-state index >= 15 is 0 Å². The number of nitrogens with zero attached hydrogens (tertiary/aromatic N) is 2. The van der Waals surface area contributed by atoms with E-state index in [1.165, 1.54) is 17.7 Å². The minimum absolute atomic E-state index is 0.186. The highest BCUT2D eigenvalue weighted by Gasteiger charge is 2.22. The average Bonchev–Trinajstić information content (AvgIpc) is 3.11. The third-order valence-electron chi connectivity index (χ3n) is 7.50. The van der Waals surface area contributed by atoms with E-state index in [0.717, 1.165) is 81.0 Å². The van der Waals surface area contributed by atoms with Crippen LogP contribution in [0.1, 0.15) is 52.7 Å². The van der Waals surface area contributed by atoms with Gasteiger partial charge in [-0.25, -0.2) is 4.39 Å². The Bertz CT molecular complexity index is 1140. The van der Waals surface area contributed by atoms with Crippen LogP contribution in [0.3, 0.4) is 0 Å². The van der Waals surface area contributed by atoms with Gasteiger partial charge in [-0.05, 0) is 79.7 Å². The number of benzene rings is 3. The molecule has 0 spiro atoms. The quantitative estimate of drug-likeness (QED) is 0.361. The maximum Gasteiger partial charge on any atom is 0.162 e. The van der Waals surface area contributed by atoms with Gasteiger partial charge in [0.2, 0.25) is 0 Å². The average molecular weight is 487 g/mol. The van der Waals surface area contributed by atoms with Crippen LogP contribution in [0, 0.1) is 11.7 Å². The summed E-state index contributed by atoms with van der Waals surface area (Å²) in [5.74, 6) is 1.53. The van der Waals surface area contributed by atoms with Gasteiger partial charge in [0, 0.05) is 43.7 Å². The first-order chi connectivity index (χ1) is 17.6. The number of Topliss-reactive ketones (excluding diaryl/α,β-unsaturated/α-hetero) is 1. The molecule has 5 heteroatoms. The summed E-state index contributed by atoms with van der Waals surface area (Å²) in [6.07, 6.45) is 3.76. The van der Waals surface area contributed by atoms with E-state index in [0.29, 0.717) is 18.9 Å². The van der Waals surface area contributed by atoms with Crippen molar-refractivity contribution in [1.82, 2.24) is 9.80 Å². The SMILES string of the molecule is O=C(CCC1CCN(Cc2ccc(F)cc2)CC1)c1ccc2c(c1)CN(Cc1ccccc1)CCO2. The molecule has 2 aliphatic heterocycles. The normalized spacial score (nSPS) is 17.2. The number of halogens is 1. The lowest BCUT2D eigenvalue weighted by atomic mass is 9.90. The number of ether oxygens (including phenoxy) is 1. The van der Waals surface area contributed by atoms with Gasteiger partial charge in [0.1, 0.15) is 18.2 Å². The zero-order chi connectivity index (χ0) is 24.7. The van der Waals surface area contributed by atoms with Crippen molar-refractivity contribution in [2.45, 2.75) is 45.3 Å². The highest BCUT2D eigenvalue weighted by atomic mass is 19.1. The van der Waals surface area contributed by atoms with Gasteiger partial charge in [0.25, 0.3) is 0 Å². The molecular formula is C31H35FN2O2. The summed E-state index contributed by atoms with van der Waals surface area (Å²) in [5, 5.41) is 0. The lowest BCUT2D eigenvalue weighted by Gasteiger charge is -2.32. The van der Waals surface area contributed by atoms with Crippen LogP contribution in [0.4, 0.5) is 4.39 Å². The first-order valence-electron chi connectivity index (χ1n) is 13.1. The summed E-state index contributed by atoms with van der Waals surface area (Å²) in [6, 6.07) is 23.2. The van der Waals surface area contributed by atoms with Gasteiger partial charge in [0.15, 0.2) is 5.78 Å². The predicted molar refractivity (Wildman–Crippen MR) is 140 cm³/mol. The van der Waals surface area contributed by atoms with E-state index in [-0.39, 0.29) is 11.6 Å². The van der Waals surface area contributed by atoms with E-state index in [4.69, 9.17) is 4.74 Å². The molecule has 3 aromatic carbocycles. The Morgan fingerprint density at radius 3 is 2.36 bits per heavy atom. The first-order valence-corrected chi connectivity index (χ1v) is 13.1. The van der Waals surface area contributed by atoms with Gasteiger partial charge in [-0.3, -0.25) is 14.6 Å². The van der Waals surface area contributed by atoms with Crippen molar-refractivity contribution >= 4 is 5.78 Å². The van der Waals surface area contributed by atoms with Crippen molar-refractivity contribution in [3.8, 4) is 5.75 Å². The molecule has 5 rings (SSSR count). The Morgan fingerprint density at radius 2 is 1.58 bits per heavy atom. The van der Waals surface area contributed by atoms with Crippen LogP contribution in [-0.2, 0) is 19.6 Å². The lowest BCUT2D eigenvalue weighted by molar-refractivity contribution is 0.0961. The van der Waals surface area contributed by atoms with E-state index in [2.05, 4.69) is 34.1 Å². The molecule has 1 fully saturated rings. The Labute approximate surface area is 213 Å². The monoisotopic (exact) mass is 486 g/mol. The summed E-state index contributed by atoms with van der Waals surface area (Å²) in [7, 11) is 0. The maximum absolute atomic E-state index is 13.1. The van der Waals surface area contributed by atoms with Gasteiger partial charge in [-0.2, -0.15) is 0 Å². The molecule has 0 aromatic heterocycles. The summed E-state index contributed by atoms with van der Waals surface area (Å²) in [4.78, 5) is 17.9. The summed E-state index contributed by atoms with van der Waals surface area (Å²) >= 11 is 0. The molecule has 0 radical (unpaired) electrons. The van der Waals surface area contributed by atoms with Gasteiger partial charge in [0.05, 0.1) is 0 Å². The number of fused-ring (bicyclic) bond motifs is 1. The zero-order valence-corrected chi connectivity index (χ0v) is 20.9. The molecule has 3 aromatic rings. The minimum atomic E-state index is -0.186. The summed E-state index contributed by atoms with van der Waals surface area (Å²) in [5.41, 5.74) is 4.34. The van der Waals surface area contributed by atoms with Crippen LogP contribution in [0.25, 0.3) is 0 Å². The van der Waals surface area contributed by atoms with E-state index in [1.54, 1.807) is 0 Å². The molecule has 0 unspecified atom stereocenters. The fraction of sp³-hybridized carbons (Fsp3) is 0.387. The fourth-order valence-electron chi connectivity index (χ4n) is 5.36. The van der Waals surface area contributed by atoms with Crippen LogP contribution in [0.2, 0.25) is 0 Å². The second kappa shape index (κ2) is 11.8. The molecular weight excluding hydrogens is 451 g/mol. The molecule has 2 aliphatic rings. The Hall–Kier alpha value is -3.02. The van der Waals surface area contributed by atoms with Crippen molar-refractivity contribution in [1.29, 1.82) is 0 Å². The molecule has 0 aliphatic carbocycles. The van der Waals surface area contributed by atoms with Crippen LogP contribution in [0.15, 0.2) is 72.8 Å². The highest BCUT2D eigenvalue weighted by Crippen LogP contribution is 2.28. The minimum Gasteiger partial charge on any atom is -0.492 e. The van der Waals surface area contributed by atoms with Crippen LogP contribution in [0.5, 0.6) is 5.75 Å². The van der Waals surface area contributed by atoms with Crippen molar-refractivity contribution in [2.24, 2.45) is 5.92 Å². The zero-order valence-electron chi connectivity index (χ0n) is 20.9. The second-order valence-electron chi connectivity index (χ2n) is 10.2. The molecule has 4 nitrogen and oxygen atoms in total. The van der Waals surface area contributed by atoms with Crippen molar-refractivity contribution in [2.75, 3.05) is 26.2 Å². The number of carbonyl (C=O) groups is 1. The Morgan fingerprint density at radius 1 is 0.861 bits per heavy atom. The number of hydrogen-bond donors (Lipinski definition) is 0. The molecule has 36 heavy (non-hydrogen) atoms. The first kappa shape index (κ1) is 24.7. The molecule has 2 heterocycles. The Kier molecular flexibility index (Phi) is 8.09. The van der Waals surface area contributed by atoms with Crippen molar-refractivity contribution in [3.63, 3.8) is 0 Å². The number of carbonyl (C=O) groups excluding carboxylic acids is 1. The number of hydrogen-bond acceptors (Lipinski definition) is 4. The second-order valence-corrected chi connectivity index (χ2v) is 10.2. The number of piperidine rings is 1. The van der Waals surface area contributed by atoms with Crippen molar-refractivity contribution in [3.05, 3.63) is 101 Å². The van der Waals surface area contributed by atoms with E-state index in [9.17, 15) is 9.18 Å². The Balaban J connectivity index is 1.11. The molecule has 1 saturated heterocycles. The van der Waals surface area contributed by atoms with Gasteiger partial charge in [-0.15, -0.1) is 0 Å². The standard InChI is InChI=1S/C31H35FN2O2/c32-29-10-6-26(7-11-29)21-33-16-14-24(15-17-33)8-12-30(35)27-9-13-31-28(20-27)23-34(18-19-36-31)22-25-4-2-1-3-5-25/h1-7,9-11,13,20,24H,8,12,14-19,21-23H2. The molecule has 0 saturated carbocycles. The molecule has 0 bridgehead atoms. The van der Waals surface area contributed by atoms with Crippen LogP contribution >= 0.6 is 0 Å². The molecule has 0 atom stereocenters. The van der Waals surface area contributed by atoms with Crippen LogP contribution < -0.4 is 4.74 Å². The van der Waals surface area contributed by atoms with Gasteiger partial charge in [-0.1, -0.05) is 42.5 Å². The largest absolute Gasteiger partial charge is 0.492 e. The maximum atomic E-state index is 13.1. The van der Waals surface area contributed by atoms with E-state index < -0.39 is 0 Å². The lowest BCUT2D eigenvalue weighted by Crippen LogP contribution is -2.33. The van der Waals surface area contributed by atoms with E-state index in [1.807, 2.05) is 36.4 Å². The third-order valence-corrected chi connectivity index (χ3v) is 7.50. The number of likely N-dealkylation sites (tertiary alicyclic amines) is 1. The number of rotatable bonds is 8. The molecule has 0 N–H and O–H groups in total. The van der Waals surface area contributed by atoms with Crippen LogP contribution in [-0.4, -0.2) is 41.8 Å². The molecule has 188 valence electrons. The predicted octanol–water partition coefficient (Wildman–Crippen LogP) is 6.10. The summed E-state index contributed by atoms with van der Waals surface area (Å²) < 4.78 is 19.1. The third kappa shape index (κ3) is 6.59. The van der Waals surface area contributed by atoms with Crippen molar-refractivity contribution < 1.29 is 13.9 Å².